The molecule has 0 bridgehead atoms. The van der Waals surface area contributed by atoms with Crippen molar-refractivity contribution >= 4 is 24.2 Å². The highest BCUT2D eigenvalue weighted by Crippen LogP contribution is 2.23. The molecule has 1 aromatic rings. The molecule has 0 radical (unpaired) electrons. The summed E-state index contributed by atoms with van der Waals surface area (Å²) in [6.45, 7) is 10.1. The third-order valence-electron chi connectivity index (χ3n) is 2.83. The zero-order valence-corrected chi connectivity index (χ0v) is 12.1. The summed E-state index contributed by atoms with van der Waals surface area (Å²) in [6.07, 6.45) is 0. The lowest BCUT2D eigenvalue weighted by molar-refractivity contribution is -0.116. The van der Waals surface area contributed by atoms with Gasteiger partial charge in [0.25, 0.3) is 0 Å². The van der Waals surface area contributed by atoms with Gasteiger partial charge in [-0.1, -0.05) is 31.5 Å². The molecule has 2 nitrogen and oxygen atoms in total. The lowest BCUT2D eigenvalue weighted by Gasteiger charge is -2.17. The van der Waals surface area contributed by atoms with Crippen molar-refractivity contribution in [2.75, 3.05) is 5.32 Å². The summed E-state index contributed by atoms with van der Waals surface area (Å²) in [5, 5.41) is 2.70. The maximum Gasteiger partial charge on any atom is 0.237 e. The third kappa shape index (κ3) is 3.50. The molecule has 0 aromatic heterocycles. The van der Waals surface area contributed by atoms with Gasteiger partial charge in [-0.2, -0.15) is 12.6 Å². The topological polar surface area (TPSA) is 29.1 Å². The van der Waals surface area contributed by atoms with Crippen LogP contribution in [-0.2, 0) is 4.79 Å². The molecule has 1 atom stereocenters. The molecule has 0 spiro atoms. The second kappa shape index (κ2) is 5.58. The number of hydrogen-bond donors (Lipinski definition) is 2. The molecule has 1 rings (SSSR count). The van der Waals surface area contributed by atoms with E-state index in [4.69, 9.17) is 0 Å². The van der Waals surface area contributed by atoms with E-state index in [-0.39, 0.29) is 17.1 Å². The standard InChI is InChI=1S/C14H21NOS/c1-8(2)13(17)14(16)15-12-10(4)6-9(3)7-11(12)5/h6-8,13,17H,1-5H3,(H,15,16). The Bertz CT molecular complexity index is 403. The van der Waals surface area contributed by atoms with Crippen LogP contribution in [0.1, 0.15) is 30.5 Å². The molecule has 94 valence electrons. The molecule has 0 heterocycles. The van der Waals surface area contributed by atoms with Crippen molar-refractivity contribution in [2.45, 2.75) is 39.9 Å². The third-order valence-corrected chi connectivity index (χ3v) is 3.66. The maximum atomic E-state index is 12.0. The number of thiol groups is 1. The number of carbonyl (C=O) groups excluding carboxylic acids is 1. The Morgan fingerprint density at radius 3 is 2.06 bits per heavy atom. The van der Waals surface area contributed by atoms with Crippen LogP contribution in [0.4, 0.5) is 5.69 Å². The maximum absolute atomic E-state index is 12.0. The van der Waals surface area contributed by atoms with Gasteiger partial charge >= 0.3 is 0 Å². The SMILES string of the molecule is Cc1cc(C)c(NC(=O)C(S)C(C)C)c(C)c1. The number of hydrogen-bond acceptors (Lipinski definition) is 2. The van der Waals surface area contributed by atoms with Crippen molar-refractivity contribution in [2.24, 2.45) is 5.92 Å². The van der Waals surface area contributed by atoms with Crippen molar-refractivity contribution in [3.8, 4) is 0 Å². The van der Waals surface area contributed by atoms with Crippen LogP contribution in [0, 0.1) is 26.7 Å². The van der Waals surface area contributed by atoms with Crippen molar-refractivity contribution < 1.29 is 4.79 Å². The van der Waals surface area contributed by atoms with Crippen molar-refractivity contribution in [1.29, 1.82) is 0 Å². The molecule has 1 amide bonds. The van der Waals surface area contributed by atoms with E-state index in [2.05, 4.69) is 37.0 Å². The summed E-state index contributed by atoms with van der Waals surface area (Å²) in [6, 6.07) is 4.15. The zero-order valence-electron chi connectivity index (χ0n) is 11.2. The molecule has 1 unspecified atom stereocenters. The highest BCUT2D eigenvalue weighted by molar-refractivity contribution is 7.81. The molecule has 1 aromatic carbocycles. The number of aryl methyl sites for hydroxylation is 3. The summed E-state index contributed by atoms with van der Waals surface area (Å²) in [4.78, 5) is 12.0. The van der Waals surface area contributed by atoms with E-state index in [0.29, 0.717) is 0 Å². The Labute approximate surface area is 109 Å². The average Bonchev–Trinajstić information content (AvgIpc) is 2.21. The van der Waals surface area contributed by atoms with Gasteiger partial charge in [0.1, 0.15) is 0 Å². The van der Waals surface area contributed by atoms with Crippen LogP contribution in [0.3, 0.4) is 0 Å². The lowest BCUT2D eigenvalue weighted by Crippen LogP contribution is -2.28. The molecule has 17 heavy (non-hydrogen) atoms. The lowest BCUT2D eigenvalue weighted by atomic mass is 10.0. The summed E-state index contributed by atoms with van der Waals surface area (Å²) < 4.78 is 0. The number of nitrogens with one attached hydrogen (secondary N) is 1. The number of rotatable bonds is 3. The monoisotopic (exact) mass is 251 g/mol. The van der Waals surface area contributed by atoms with Crippen molar-refractivity contribution in [3.05, 3.63) is 28.8 Å². The van der Waals surface area contributed by atoms with Gasteiger partial charge in [-0.05, 0) is 37.8 Å². The molecule has 0 fully saturated rings. The first kappa shape index (κ1) is 14.1. The fraction of sp³-hybridized carbons (Fsp3) is 0.500. The highest BCUT2D eigenvalue weighted by atomic mass is 32.1. The van der Waals surface area contributed by atoms with Gasteiger partial charge in [-0.25, -0.2) is 0 Å². The number of amides is 1. The molecular formula is C14H21NOS. The zero-order chi connectivity index (χ0) is 13.2. The Morgan fingerprint density at radius 1 is 1.18 bits per heavy atom. The molecule has 0 aliphatic heterocycles. The van der Waals surface area contributed by atoms with Gasteiger partial charge in [-0.15, -0.1) is 0 Å². The second-order valence-corrected chi connectivity index (χ2v) is 5.51. The number of anilines is 1. The van der Waals surface area contributed by atoms with Gasteiger partial charge in [0.15, 0.2) is 0 Å². The molecular weight excluding hydrogens is 230 g/mol. The molecule has 0 aliphatic carbocycles. The predicted molar refractivity (Wildman–Crippen MR) is 76.9 cm³/mol. The number of carbonyl (C=O) groups is 1. The van der Waals surface area contributed by atoms with Crippen LogP contribution >= 0.6 is 12.6 Å². The van der Waals surface area contributed by atoms with E-state index in [9.17, 15) is 4.79 Å². The van der Waals surface area contributed by atoms with E-state index in [1.165, 1.54) is 5.56 Å². The number of benzene rings is 1. The van der Waals surface area contributed by atoms with Crippen LogP contribution in [-0.4, -0.2) is 11.2 Å². The van der Waals surface area contributed by atoms with E-state index < -0.39 is 0 Å². The largest absolute Gasteiger partial charge is 0.325 e. The molecule has 1 N–H and O–H groups in total. The fourth-order valence-corrected chi connectivity index (χ4v) is 1.94. The van der Waals surface area contributed by atoms with Crippen LogP contribution < -0.4 is 5.32 Å². The van der Waals surface area contributed by atoms with Gasteiger partial charge in [-0.3, -0.25) is 4.79 Å². The second-order valence-electron chi connectivity index (χ2n) is 4.95. The summed E-state index contributed by atoms with van der Waals surface area (Å²) in [5.41, 5.74) is 4.32. The van der Waals surface area contributed by atoms with Gasteiger partial charge in [0.05, 0.1) is 5.25 Å². The van der Waals surface area contributed by atoms with E-state index in [0.717, 1.165) is 16.8 Å². The Kier molecular flexibility index (Phi) is 4.63. The minimum Gasteiger partial charge on any atom is -0.325 e. The predicted octanol–water partition coefficient (Wildman–Crippen LogP) is 3.50. The van der Waals surface area contributed by atoms with Gasteiger partial charge in [0.2, 0.25) is 5.91 Å². The quantitative estimate of drug-likeness (QED) is 0.791. The minimum atomic E-state index is -0.268. The summed E-state index contributed by atoms with van der Waals surface area (Å²) in [7, 11) is 0. The normalized spacial score (nSPS) is 12.6. The Morgan fingerprint density at radius 2 is 1.65 bits per heavy atom. The van der Waals surface area contributed by atoms with Crippen LogP contribution in [0.25, 0.3) is 0 Å². The first-order valence-corrected chi connectivity index (χ1v) is 6.41. The minimum absolute atomic E-state index is 0.0293. The molecule has 0 saturated carbocycles. The van der Waals surface area contributed by atoms with Crippen LogP contribution in [0.15, 0.2) is 12.1 Å². The van der Waals surface area contributed by atoms with Crippen LogP contribution in [0.5, 0.6) is 0 Å². The summed E-state index contributed by atoms with van der Waals surface area (Å²) >= 11 is 4.33. The molecule has 0 aliphatic rings. The summed E-state index contributed by atoms with van der Waals surface area (Å²) in [5.74, 6) is 0.197. The highest BCUT2D eigenvalue weighted by Gasteiger charge is 2.18. The first-order valence-electron chi connectivity index (χ1n) is 5.89. The van der Waals surface area contributed by atoms with E-state index in [1.54, 1.807) is 0 Å². The van der Waals surface area contributed by atoms with Gasteiger partial charge in [0, 0.05) is 5.69 Å². The fourth-order valence-electron chi connectivity index (χ4n) is 1.88. The Hall–Kier alpha value is -0.960. The first-order chi connectivity index (χ1) is 7.82. The van der Waals surface area contributed by atoms with E-state index in [1.807, 2.05) is 27.7 Å². The average molecular weight is 251 g/mol. The smallest absolute Gasteiger partial charge is 0.237 e. The van der Waals surface area contributed by atoms with Gasteiger partial charge < -0.3 is 5.32 Å². The van der Waals surface area contributed by atoms with Crippen LogP contribution in [0.2, 0.25) is 0 Å². The molecule has 0 saturated heterocycles. The van der Waals surface area contributed by atoms with Crippen molar-refractivity contribution in [3.63, 3.8) is 0 Å². The molecule has 3 heteroatoms. The van der Waals surface area contributed by atoms with E-state index >= 15 is 0 Å². The van der Waals surface area contributed by atoms with Crippen molar-refractivity contribution in [1.82, 2.24) is 0 Å². The Balaban J connectivity index is 2.93.